The van der Waals surface area contributed by atoms with Crippen LogP contribution in [0.3, 0.4) is 0 Å². The van der Waals surface area contributed by atoms with E-state index in [4.69, 9.17) is 5.73 Å². The summed E-state index contributed by atoms with van der Waals surface area (Å²) in [7, 11) is 0. The first-order valence-electron chi connectivity index (χ1n) is 9.54. The highest BCUT2D eigenvalue weighted by Gasteiger charge is 2.50. The van der Waals surface area contributed by atoms with Gasteiger partial charge in [0.25, 0.3) is 5.91 Å². The van der Waals surface area contributed by atoms with E-state index < -0.39 is 0 Å². The third-order valence-electron chi connectivity index (χ3n) is 6.44. The Kier molecular flexibility index (Phi) is 4.50. The highest BCUT2D eigenvalue weighted by atomic mass is 16.2. The molecule has 0 radical (unpaired) electrons. The lowest BCUT2D eigenvalue weighted by Gasteiger charge is -2.37. The Morgan fingerprint density at radius 3 is 2.32 bits per heavy atom. The number of rotatable bonds is 3. The van der Waals surface area contributed by atoms with E-state index >= 15 is 0 Å². The Morgan fingerprint density at radius 1 is 1.00 bits per heavy atom. The number of amides is 2. The van der Waals surface area contributed by atoms with Crippen LogP contribution in [0.25, 0.3) is 0 Å². The van der Waals surface area contributed by atoms with E-state index in [1.807, 2.05) is 35.2 Å². The molecule has 3 fully saturated rings. The molecule has 2 amide bonds. The molecule has 1 saturated heterocycles. The molecule has 1 aromatic rings. The lowest BCUT2D eigenvalue weighted by atomic mass is 9.83. The lowest BCUT2D eigenvalue weighted by molar-refractivity contribution is -0.138. The van der Waals surface area contributed by atoms with Crippen LogP contribution in [-0.2, 0) is 4.79 Å². The number of nitrogens with two attached hydrogens (primary N) is 1. The smallest absolute Gasteiger partial charge is 0.251 e. The number of carbonyl (C=O) groups is 2. The van der Waals surface area contributed by atoms with Gasteiger partial charge in [-0.25, -0.2) is 0 Å². The van der Waals surface area contributed by atoms with Gasteiger partial charge in [-0.3, -0.25) is 9.59 Å². The van der Waals surface area contributed by atoms with Gasteiger partial charge >= 0.3 is 0 Å². The zero-order valence-corrected chi connectivity index (χ0v) is 14.6. The van der Waals surface area contributed by atoms with Crippen molar-refractivity contribution in [3.63, 3.8) is 0 Å². The van der Waals surface area contributed by atoms with E-state index in [1.165, 1.54) is 12.8 Å². The van der Waals surface area contributed by atoms with E-state index in [0.29, 0.717) is 17.4 Å². The molecular weight excluding hydrogens is 314 g/mol. The first kappa shape index (κ1) is 16.6. The summed E-state index contributed by atoms with van der Waals surface area (Å²) in [5.41, 5.74) is 7.01. The normalized spacial score (nSPS) is 32.0. The second-order valence-electron chi connectivity index (χ2n) is 7.88. The maximum Gasteiger partial charge on any atom is 0.251 e. The number of nitrogens with zero attached hydrogens (tertiary/aromatic N) is 1. The third kappa shape index (κ3) is 3.17. The van der Waals surface area contributed by atoms with Crippen LogP contribution in [0.15, 0.2) is 30.3 Å². The van der Waals surface area contributed by atoms with Gasteiger partial charge in [0, 0.05) is 30.7 Å². The molecule has 1 heterocycles. The van der Waals surface area contributed by atoms with E-state index in [2.05, 4.69) is 5.32 Å². The highest BCUT2D eigenvalue weighted by Crippen LogP contribution is 2.48. The maximum atomic E-state index is 12.9. The molecule has 2 aliphatic carbocycles. The number of fused-ring (bicyclic) bond motifs is 2. The molecule has 134 valence electrons. The van der Waals surface area contributed by atoms with Crippen molar-refractivity contribution < 1.29 is 9.59 Å². The van der Waals surface area contributed by atoms with Gasteiger partial charge in [-0.2, -0.15) is 0 Å². The predicted molar refractivity (Wildman–Crippen MR) is 95.8 cm³/mol. The summed E-state index contributed by atoms with van der Waals surface area (Å²) in [5, 5.41) is 3.10. The topological polar surface area (TPSA) is 75.4 Å². The fraction of sp³-hybridized carbons (Fsp3) is 0.600. The van der Waals surface area contributed by atoms with E-state index in [-0.39, 0.29) is 29.8 Å². The van der Waals surface area contributed by atoms with Gasteiger partial charge in [-0.05, 0) is 56.1 Å². The molecule has 3 N–H and O–H groups in total. The average Bonchev–Trinajstić information content (AvgIpc) is 3.24. The minimum absolute atomic E-state index is 0.0273. The first-order valence-corrected chi connectivity index (χ1v) is 9.54. The molecule has 1 aromatic carbocycles. The van der Waals surface area contributed by atoms with Crippen molar-refractivity contribution in [3.8, 4) is 0 Å². The van der Waals surface area contributed by atoms with Crippen LogP contribution in [-0.4, -0.2) is 41.9 Å². The van der Waals surface area contributed by atoms with Crippen molar-refractivity contribution in [1.29, 1.82) is 0 Å². The molecule has 0 spiro atoms. The largest absolute Gasteiger partial charge is 0.349 e. The van der Waals surface area contributed by atoms with Crippen molar-refractivity contribution in [2.75, 3.05) is 13.1 Å². The molecule has 5 nitrogen and oxygen atoms in total. The zero-order valence-electron chi connectivity index (χ0n) is 14.6. The van der Waals surface area contributed by atoms with Gasteiger partial charge in [0.1, 0.15) is 0 Å². The van der Waals surface area contributed by atoms with E-state index in [0.717, 1.165) is 32.4 Å². The average molecular weight is 341 g/mol. The number of likely N-dealkylation sites (tertiary alicyclic amines) is 1. The zero-order chi connectivity index (χ0) is 17.4. The highest BCUT2D eigenvalue weighted by molar-refractivity contribution is 5.94. The van der Waals surface area contributed by atoms with Gasteiger partial charge < -0.3 is 16.0 Å². The number of carbonyl (C=O) groups excluding carboxylic acids is 2. The van der Waals surface area contributed by atoms with Crippen LogP contribution in [0.1, 0.15) is 42.5 Å². The quantitative estimate of drug-likeness (QED) is 0.880. The lowest BCUT2D eigenvalue weighted by Crippen LogP contribution is -2.51. The molecule has 0 aromatic heterocycles. The van der Waals surface area contributed by atoms with Crippen LogP contribution in [0.5, 0.6) is 0 Å². The first-order chi connectivity index (χ1) is 12.1. The van der Waals surface area contributed by atoms with E-state index in [1.54, 1.807) is 0 Å². The van der Waals surface area contributed by atoms with Crippen LogP contribution in [0.2, 0.25) is 0 Å². The van der Waals surface area contributed by atoms with Crippen molar-refractivity contribution in [2.45, 2.75) is 44.2 Å². The van der Waals surface area contributed by atoms with Crippen molar-refractivity contribution >= 4 is 11.8 Å². The molecule has 4 atom stereocenters. The third-order valence-corrected chi connectivity index (χ3v) is 6.44. The van der Waals surface area contributed by atoms with Crippen LogP contribution in [0, 0.1) is 17.8 Å². The Balaban J connectivity index is 1.30. The van der Waals surface area contributed by atoms with Gasteiger partial charge in [-0.15, -0.1) is 0 Å². The van der Waals surface area contributed by atoms with Crippen LogP contribution >= 0.6 is 0 Å². The fourth-order valence-electron chi connectivity index (χ4n) is 5.02. The number of hydrogen-bond acceptors (Lipinski definition) is 3. The molecule has 25 heavy (non-hydrogen) atoms. The Hall–Kier alpha value is -1.88. The van der Waals surface area contributed by atoms with Gasteiger partial charge in [-0.1, -0.05) is 18.2 Å². The van der Waals surface area contributed by atoms with Gasteiger partial charge in [0.2, 0.25) is 5.91 Å². The summed E-state index contributed by atoms with van der Waals surface area (Å²) >= 11 is 0. The summed E-state index contributed by atoms with van der Waals surface area (Å²) in [6.45, 7) is 1.44. The minimum atomic E-state index is -0.0273. The standard InChI is InChI=1S/C20H27N3O2/c21-18-15-7-6-14(12-15)17(18)20(25)23-10-8-16(9-11-23)22-19(24)13-4-2-1-3-5-13/h1-5,14-18H,6-12,21H2,(H,22,24). The molecule has 2 saturated carbocycles. The summed E-state index contributed by atoms with van der Waals surface area (Å²) in [6.07, 6.45) is 5.14. The summed E-state index contributed by atoms with van der Waals surface area (Å²) in [6, 6.07) is 9.49. The Bertz CT molecular complexity index is 638. The summed E-state index contributed by atoms with van der Waals surface area (Å²) in [4.78, 5) is 27.2. The predicted octanol–water partition coefficient (Wildman–Crippen LogP) is 1.78. The number of benzene rings is 1. The summed E-state index contributed by atoms with van der Waals surface area (Å²) in [5.74, 6) is 1.33. The molecule has 5 heteroatoms. The number of nitrogens with one attached hydrogen (secondary N) is 1. The fourth-order valence-corrected chi connectivity index (χ4v) is 5.02. The van der Waals surface area contributed by atoms with Gasteiger partial charge in [0.15, 0.2) is 0 Å². The van der Waals surface area contributed by atoms with Crippen molar-refractivity contribution in [3.05, 3.63) is 35.9 Å². The molecular formula is C20H27N3O2. The molecule has 1 aliphatic heterocycles. The second kappa shape index (κ2) is 6.79. The number of hydrogen-bond donors (Lipinski definition) is 2. The van der Waals surface area contributed by atoms with Gasteiger partial charge in [0.05, 0.1) is 5.92 Å². The number of piperidine rings is 1. The maximum absolute atomic E-state index is 12.9. The minimum Gasteiger partial charge on any atom is -0.349 e. The van der Waals surface area contributed by atoms with Crippen LogP contribution in [0.4, 0.5) is 0 Å². The Labute approximate surface area is 148 Å². The van der Waals surface area contributed by atoms with Crippen molar-refractivity contribution in [1.82, 2.24) is 10.2 Å². The molecule has 2 bridgehead atoms. The Morgan fingerprint density at radius 2 is 1.68 bits per heavy atom. The summed E-state index contributed by atoms with van der Waals surface area (Å²) < 4.78 is 0. The van der Waals surface area contributed by atoms with Crippen LogP contribution < -0.4 is 11.1 Å². The second-order valence-corrected chi connectivity index (χ2v) is 7.88. The molecule has 4 rings (SSSR count). The molecule has 3 aliphatic rings. The monoisotopic (exact) mass is 341 g/mol. The molecule has 4 unspecified atom stereocenters. The SMILES string of the molecule is NC1C2CCC(C2)C1C(=O)N1CCC(NC(=O)c2ccccc2)CC1. The van der Waals surface area contributed by atoms with Crippen molar-refractivity contribution in [2.24, 2.45) is 23.5 Å². The van der Waals surface area contributed by atoms with E-state index in [9.17, 15) is 9.59 Å².